The number of nitrogens with two attached hydrogens (primary N) is 1. The third kappa shape index (κ3) is 3.93. The first-order valence-electron chi connectivity index (χ1n) is 5.92. The summed E-state index contributed by atoms with van der Waals surface area (Å²) in [7, 11) is 0. The Morgan fingerprint density at radius 2 is 2.26 bits per heavy atom. The summed E-state index contributed by atoms with van der Waals surface area (Å²) in [6.07, 6.45) is 1.75. The molecule has 4 nitrogen and oxygen atoms in total. The molecule has 0 radical (unpaired) electrons. The molecule has 0 saturated carbocycles. The molecular weight excluding hydrogens is 313 g/mol. The third-order valence-electron chi connectivity index (χ3n) is 2.65. The second-order valence-electron chi connectivity index (χ2n) is 4.11. The molecule has 19 heavy (non-hydrogen) atoms. The van der Waals surface area contributed by atoms with E-state index in [9.17, 15) is 9.18 Å². The van der Waals surface area contributed by atoms with Crippen molar-refractivity contribution >= 4 is 27.5 Å². The summed E-state index contributed by atoms with van der Waals surface area (Å²) in [6, 6.07) is 4.90. The monoisotopic (exact) mass is 327 g/mol. The van der Waals surface area contributed by atoms with Crippen molar-refractivity contribution in [3.8, 4) is 6.07 Å². The smallest absolute Gasteiger partial charge is 0.236 e. The Kier molecular flexibility index (Phi) is 5.77. The minimum absolute atomic E-state index is 0.0464. The number of nitriles is 1. The second kappa shape index (κ2) is 7.10. The number of primary amides is 1. The second-order valence-corrected chi connectivity index (χ2v) is 4.91. The molecule has 0 heterocycles. The van der Waals surface area contributed by atoms with Crippen LogP contribution in [0.25, 0.3) is 0 Å². The normalized spacial score (nSPS) is 10.0. The van der Waals surface area contributed by atoms with Gasteiger partial charge in [-0.15, -0.1) is 0 Å². The lowest BCUT2D eigenvalue weighted by Gasteiger charge is -2.24. The Labute approximate surface area is 120 Å². The SMILES string of the molecule is CCCCN(CC(N)=O)c1ccc(C#N)c(Br)c1F. The average Bonchev–Trinajstić information content (AvgIpc) is 2.37. The third-order valence-corrected chi connectivity index (χ3v) is 3.43. The molecule has 1 amide bonds. The summed E-state index contributed by atoms with van der Waals surface area (Å²) in [5.74, 6) is -1.06. The summed E-state index contributed by atoms with van der Waals surface area (Å²) in [6.45, 7) is 2.50. The molecular formula is C13H15BrFN3O. The number of hydrogen-bond acceptors (Lipinski definition) is 3. The fourth-order valence-electron chi connectivity index (χ4n) is 1.69. The van der Waals surface area contributed by atoms with Gasteiger partial charge in [-0.25, -0.2) is 4.39 Å². The van der Waals surface area contributed by atoms with Gasteiger partial charge in [-0.1, -0.05) is 13.3 Å². The zero-order chi connectivity index (χ0) is 14.4. The van der Waals surface area contributed by atoms with Gasteiger partial charge in [-0.05, 0) is 34.5 Å². The number of anilines is 1. The summed E-state index contributed by atoms with van der Waals surface area (Å²) < 4.78 is 14.3. The number of halogens is 2. The zero-order valence-electron chi connectivity index (χ0n) is 10.6. The molecule has 1 aromatic rings. The Morgan fingerprint density at radius 3 is 2.79 bits per heavy atom. The highest BCUT2D eigenvalue weighted by Gasteiger charge is 2.17. The van der Waals surface area contributed by atoms with Crippen LogP contribution in [0.1, 0.15) is 25.3 Å². The highest BCUT2D eigenvalue weighted by Crippen LogP contribution is 2.29. The summed E-state index contributed by atoms with van der Waals surface area (Å²) in [5, 5.41) is 8.82. The van der Waals surface area contributed by atoms with Crippen molar-refractivity contribution in [2.75, 3.05) is 18.0 Å². The molecule has 0 aliphatic rings. The molecule has 0 saturated heterocycles. The summed E-state index contributed by atoms with van der Waals surface area (Å²) in [4.78, 5) is 12.6. The van der Waals surface area contributed by atoms with Gasteiger partial charge >= 0.3 is 0 Å². The van der Waals surface area contributed by atoms with Crippen LogP contribution in [0.3, 0.4) is 0 Å². The fraction of sp³-hybridized carbons (Fsp3) is 0.385. The van der Waals surface area contributed by atoms with Crippen LogP contribution in [0.15, 0.2) is 16.6 Å². The lowest BCUT2D eigenvalue weighted by Crippen LogP contribution is -2.35. The molecule has 0 aromatic heterocycles. The number of benzene rings is 1. The number of carbonyl (C=O) groups excluding carboxylic acids is 1. The molecule has 0 bridgehead atoms. The van der Waals surface area contributed by atoms with E-state index in [1.165, 1.54) is 12.1 Å². The summed E-state index contributed by atoms with van der Waals surface area (Å²) in [5.41, 5.74) is 5.67. The molecule has 1 rings (SSSR count). The maximum atomic E-state index is 14.2. The van der Waals surface area contributed by atoms with Crippen molar-refractivity contribution in [3.05, 3.63) is 28.0 Å². The zero-order valence-corrected chi connectivity index (χ0v) is 12.2. The van der Waals surface area contributed by atoms with Crippen LogP contribution in [0.2, 0.25) is 0 Å². The molecule has 0 aliphatic heterocycles. The van der Waals surface area contributed by atoms with Gasteiger partial charge in [0.25, 0.3) is 0 Å². The highest BCUT2D eigenvalue weighted by atomic mass is 79.9. The Balaban J connectivity index is 3.12. The van der Waals surface area contributed by atoms with Gasteiger partial charge in [0.2, 0.25) is 5.91 Å². The first kappa shape index (κ1) is 15.4. The maximum Gasteiger partial charge on any atom is 0.236 e. The van der Waals surface area contributed by atoms with Gasteiger partial charge in [0, 0.05) is 6.54 Å². The predicted molar refractivity (Wildman–Crippen MR) is 75.1 cm³/mol. The Bertz CT molecular complexity index is 513. The molecule has 0 unspecified atom stereocenters. The van der Waals surface area contributed by atoms with Crippen LogP contribution in [0, 0.1) is 17.1 Å². The fourth-order valence-corrected chi connectivity index (χ4v) is 2.12. The lowest BCUT2D eigenvalue weighted by atomic mass is 10.2. The van der Waals surface area contributed by atoms with Crippen molar-refractivity contribution in [2.45, 2.75) is 19.8 Å². The van der Waals surface area contributed by atoms with E-state index in [0.29, 0.717) is 6.54 Å². The molecule has 1 aromatic carbocycles. The highest BCUT2D eigenvalue weighted by molar-refractivity contribution is 9.10. The van der Waals surface area contributed by atoms with Gasteiger partial charge < -0.3 is 10.6 Å². The van der Waals surface area contributed by atoms with E-state index < -0.39 is 11.7 Å². The topological polar surface area (TPSA) is 70.1 Å². The van der Waals surface area contributed by atoms with Crippen molar-refractivity contribution in [1.82, 2.24) is 0 Å². The molecule has 0 fully saturated rings. The molecule has 0 spiro atoms. The van der Waals surface area contributed by atoms with E-state index in [4.69, 9.17) is 11.0 Å². The van der Waals surface area contributed by atoms with Gasteiger partial charge in [-0.3, -0.25) is 4.79 Å². The Hall–Kier alpha value is -1.61. The van der Waals surface area contributed by atoms with Crippen molar-refractivity contribution in [3.63, 3.8) is 0 Å². The van der Waals surface area contributed by atoms with Crippen LogP contribution in [-0.2, 0) is 4.79 Å². The number of nitrogens with zero attached hydrogens (tertiary/aromatic N) is 2. The van der Waals surface area contributed by atoms with Gasteiger partial charge in [-0.2, -0.15) is 5.26 Å². The minimum atomic E-state index is -0.545. The molecule has 0 atom stereocenters. The predicted octanol–water partition coefficient (Wildman–Crippen LogP) is 2.55. The van der Waals surface area contributed by atoms with E-state index in [-0.39, 0.29) is 22.3 Å². The van der Waals surface area contributed by atoms with Crippen LogP contribution in [-0.4, -0.2) is 19.0 Å². The van der Waals surface area contributed by atoms with E-state index in [1.54, 1.807) is 4.90 Å². The largest absolute Gasteiger partial charge is 0.368 e. The number of unbranched alkanes of at least 4 members (excludes halogenated alkanes) is 1. The van der Waals surface area contributed by atoms with Crippen LogP contribution in [0.5, 0.6) is 0 Å². The average molecular weight is 328 g/mol. The van der Waals surface area contributed by atoms with Crippen molar-refractivity contribution < 1.29 is 9.18 Å². The lowest BCUT2D eigenvalue weighted by molar-refractivity contribution is -0.116. The number of amides is 1. The van der Waals surface area contributed by atoms with Crippen LogP contribution >= 0.6 is 15.9 Å². The molecule has 6 heteroatoms. The van der Waals surface area contributed by atoms with E-state index in [1.807, 2.05) is 13.0 Å². The summed E-state index contributed by atoms with van der Waals surface area (Å²) >= 11 is 3.05. The van der Waals surface area contributed by atoms with E-state index in [0.717, 1.165) is 12.8 Å². The quantitative estimate of drug-likeness (QED) is 0.872. The first-order chi connectivity index (χ1) is 9.01. The number of rotatable bonds is 6. The van der Waals surface area contributed by atoms with E-state index >= 15 is 0 Å². The van der Waals surface area contributed by atoms with Gasteiger partial charge in [0.05, 0.1) is 22.3 Å². The Morgan fingerprint density at radius 1 is 1.58 bits per heavy atom. The molecule has 0 aliphatic carbocycles. The number of hydrogen-bond donors (Lipinski definition) is 1. The number of carbonyl (C=O) groups is 1. The molecule has 2 N–H and O–H groups in total. The van der Waals surface area contributed by atoms with E-state index in [2.05, 4.69) is 15.9 Å². The maximum absolute atomic E-state index is 14.2. The van der Waals surface area contributed by atoms with Gasteiger partial charge in [0.15, 0.2) is 5.82 Å². The van der Waals surface area contributed by atoms with Crippen molar-refractivity contribution in [2.24, 2.45) is 5.73 Å². The standard InChI is InChI=1S/C13H15BrFN3O/c1-2-3-6-18(8-11(17)19)10-5-4-9(7-16)12(14)13(10)15/h4-5H,2-3,6,8H2,1H3,(H2,17,19). The first-order valence-corrected chi connectivity index (χ1v) is 6.71. The van der Waals surface area contributed by atoms with Crippen LogP contribution < -0.4 is 10.6 Å². The molecule has 102 valence electrons. The van der Waals surface area contributed by atoms with Crippen molar-refractivity contribution in [1.29, 1.82) is 5.26 Å². The van der Waals surface area contributed by atoms with Gasteiger partial charge in [0.1, 0.15) is 6.07 Å². The van der Waals surface area contributed by atoms with Crippen LogP contribution in [0.4, 0.5) is 10.1 Å². The minimum Gasteiger partial charge on any atom is -0.368 e.